The van der Waals surface area contributed by atoms with Crippen LogP contribution in [0.15, 0.2) is 113 Å². The Labute approximate surface area is 268 Å². The van der Waals surface area contributed by atoms with Gasteiger partial charge < -0.3 is 14.6 Å². The highest BCUT2D eigenvalue weighted by atomic mass is 32.2. The molecular weight excluding hydrogens is 636 g/mol. The minimum atomic E-state index is -4.36. The number of aryl methyl sites for hydroxylation is 2. The molecule has 46 heavy (non-hydrogen) atoms. The van der Waals surface area contributed by atoms with Crippen molar-refractivity contribution in [2.24, 2.45) is 0 Å². The molecule has 1 N–H and O–H groups in total. The number of ether oxygens (including phenoxy) is 2. The summed E-state index contributed by atoms with van der Waals surface area (Å²) < 4.78 is 72.2. The summed E-state index contributed by atoms with van der Waals surface area (Å²) in [4.78, 5) is 10.2. The van der Waals surface area contributed by atoms with Crippen LogP contribution < -0.4 is 9.47 Å². The molecule has 2 atom stereocenters. The molecule has 0 saturated carbocycles. The van der Waals surface area contributed by atoms with E-state index in [1.165, 1.54) is 48.5 Å². The molecular formula is C32H34N2O10S2. The Morgan fingerprint density at radius 2 is 1.24 bits per heavy atom. The van der Waals surface area contributed by atoms with Gasteiger partial charge in [0, 0.05) is 25.2 Å². The predicted molar refractivity (Wildman–Crippen MR) is 170 cm³/mol. The second kappa shape index (κ2) is 15.3. The first-order valence-corrected chi connectivity index (χ1v) is 17.0. The summed E-state index contributed by atoms with van der Waals surface area (Å²) in [5, 5.41) is 21.8. The zero-order chi connectivity index (χ0) is 33.3. The van der Waals surface area contributed by atoms with Gasteiger partial charge in [0.25, 0.3) is 15.8 Å². The van der Waals surface area contributed by atoms with Crippen LogP contribution in [-0.2, 0) is 24.3 Å². The summed E-state index contributed by atoms with van der Waals surface area (Å²) in [5.41, 5.74) is 1.51. The minimum absolute atomic E-state index is 0.0780. The maximum atomic E-state index is 13.9. The van der Waals surface area contributed by atoms with Crippen molar-refractivity contribution >= 4 is 25.8 Å². The first-order valence-electron chi connectivity index (χ1n) is 14.1. The van der Waals surface area contributed by atoms with Gasteiger partial charge in [-0.2, -0.15) is 12.7 Å². The number of nitrogens with zero attached hydrogens (tertiary/aromatic N) is 2. The SMILES string of the molecule is Cc1ccc(S(=O)(=O)O[C@H](COc2ccccc2)CN(C[C@@H](O)COc2ccc([N+](=O)[O-])cc2)S(=O)(=O)c2ccc(C)cc2)cc1. The number of benzene rings is 4. The monoisotopic (exact) mass is 670 g/mol. The fraction of sp³-hybridized carbons (Fsp3) is 0.250. The molecule has 0 heterocycles. The van der Waals surface area contributed by atoms with Crippen molar-refractivity contribution in [3.63, 3.8) is 0 Å². The normalized spacial score (nSPS) is 13.2. The number of nitro benzene ring substituents is 1. The Kier molecular flexibility index (Phi) is 11.5. The van der Waals surface area contributed by atoms with Crippen molar-refractivity contribution < 1.29 is 40.5 Å². The summed E-state index contributed by atoms with van der Waals surface area (Å²) in [6, 6.07) is 25.8. The first-order chi connectivity index (χ1) is 21.8. The smallest absolute Gasteiger partial charge is 0.297 e. The maximum Gasteiger partial charge on any atom is 0.297 e. The van der Waals surface area contributed by atoms with Crippen LogP contribution in [0.5, 0.6) is 11.5 Å². The lowest BCUT2D eigenvalue weighted by molar-refractivity contribution is -0.384. The van der Waals surface area contributed by atoms with E-state index in [0.29, 0.717) is 5.75 Å². The Hall–Kier alpha value is -4.34. The molecule has 0 aliphatic heterocycles. The zero-order valence-electron chi connectivity index (χ0n) is 25.1. The first kappa shape index (κ1) is 34.5. The highest BCUT2D eigenvalue weighted by Gasteiger charge is 2.33. The van der Waals surface area contributed by atoms with E-state index in [0.717, 1.165) is 15.4 Å². The van der Waals surface area contributed by atoms with Crippen LogP contribution in [0.25, 0.3) is 0 Å². The van der Waals surface area contributed by atoms with Gasteiger partial charge in [-0.05, 0) is 62.4 Å². The molecule has 0 unspecified atom stereocenters. The Morgan fingerprint density at radius 1 is 0.717 bits per heavy atom. The van der Waals surface area contributed by atoms with E-state index in [9.17, 15) is 32.1 Å². The minimum Gasteiger partial charge on any atom is -0.491 e. The molecule has 0 spiro atoms. The quantitative estimate of drug-likeness (QED) is 0.102. The molecule has 4 aromatic rings. The lowest BCUT2D eigenvalue weighted by atomic mass is 10.2. The van der Waals surface area contributed by atoms with Crippen molar-refractivity contribution in [1.82, 2.24) is 4.31 Å². The molecule has 0 aliphatic carbocycles. The third kappa shape index (κ3) is 9.58. The van der Waals surface area contributed by atoms with Gasteiger partial charge in [0.1, 0.15) is 36.9 Å². The predicted octanol–water partition coefficient (Wildman–Crippen LogP) is 4.50. The number of non-ortho nitro benzene ring substituents is 1. The van der Waals surface area contributed by atoms with Crippen LogP contribution in [0.2, 0.25) is 0 Å². The molecule has 4 rings (SSSR count). The van der Waals surface area contributed by atoms with Gasteiger partial charge >= 0.3 is 0 Å². The number of hydrogen-bond acceptors (Lipinski definition) is 10. The van der Waals surface area contributed by atoms with E-state index < -0.39 is 50.4 Å². The Morgan fingerprint density at radius 3 is 1.80 bits per heavy atom. The fourth-order valence-corrected chi connectivity index (χ4v) is 6.82. The summed E-state index contributed by atoms with van der Waals surface area (Å²) >= 11 is 0. The van der Waals surface area contributed by atoms with E-state index in [-0.39, 0.29) is 34.4 Å². The largest absolute Gasteiger partial charge is 0.491 e. The third-order valence-electron chi connectivity index (χ3n) is 6.72. The molecule has 12 nitrogen and oxygen atoms in total. The van der Waals surface area contributed by atoms with Gasteiger partial charge in [-0.1, -0.05) is 53.6 Å². The lowest BCUT2D eigenvalue weighted by Crippen LogP contribution is -2.46. The third-order valence-corrected chi connectivity index (χ3v) is 9.94. The van der Waals surface area contributed by atoms with Gasteiger partial charge in [0.05, 0.1) is 14.7 Å². The highest BCUT2D eigenvalue weighted by Crippen LogP contribution is 2.22. The van der Waals surface area contributed by atoms with E-state index in [4.69, 9.17) is 13.7 Å². The van der Waals surface area contributed by atoms with Gasteiger partial charge in [0.2, 0.25) is 10.0 Å². The Balaban J connectivity index is 1.61. The van der Waals surface area contributed by atoms with Crippen LogP contribution >= 0.6 is 0 Å². The molecule has 244 valence electrons. The van der Waals surface area contributed by atoms with Crippen LogP contribution in [0.4, 0.5) is 5.69 Å². The number of rotatable bonds is 16. The molecule has 0 radical (unpaired) electrons. The van der Waals surface area contributed by atoms with Crippen LogP contribution in [0, 0.1) is 24.0 Å². The van der Waals surface area contributed by atoms with Crippen molar-refractivity contribution in [3.8, 4) is 11.5 Å². The summed E-state index contributed by atoms with van der Waals surface area (Å²) in [5.74, 6) is 0.632. The molecule has 0 bridgehead atoms. The van der Waals surface area contributed by atoms with Crippen LogP contribution in [0.1, 0.15) is 11.1 Å². The average molecular weight is 671 g/mol. The number of hydrogen-bond donors (Lipinski definition) is 1. The van der Waals surface area contributed by atoms with Crippen molar-refractivity contribution in [2.45, 2.75) is 35.8 Å². The number of para-hydroxylation sites is 1. The van der Waals surface area contributed by atoms with E-state index in [1.807, 2.05) is 0 Å². The van der Waals surface area contributed by atoms with Gasteiger partial charge in [-0.15, -0.1) is 0 Å². The number of sulfonamides is 1. The maximum absolute atomic E-state index is 13.9. The highest BCUT2D eigenvalue weighted by molar-refractivity contribution is 7.89. The van der Waals surface area contributed by atoms with Crippen LogP contribution in [-0.4, -0.2) is 69.7 Å². The number of nitro groups is 1. The topological polar surface area (TPSA) is 163 Å². The number of aliphatic hydroxyl groups is 1. The van der Waals surface area contributed by atoms with Gasteiger partial charge in [-0.25, -0.2) is 8.42 Å². The van der Waals surface area contributed by atoms with E-state index in [2.05, 4.69) is 0 Å². The van der Waals surface area contributed by atoms with E-state index >= 15 is 0 Å². The fourth-order valence-electron chi connectivity index (χ4n) is 4.26. The second-order valence-corrected chi connectivity index (χ2v) is 14.0. The van der Waals surface area contributed by atoms with Crippen molar-refractivity contribution in [3.05, 3.63) is 124 Å². The lowest BCUT2D eigenvalue weighted by Gasteiger charge is -2.28. The van der Waals surface area contributed by atoms with Gasteiger partial charge in [-0.3, -0.25) is 14.3 Å². The summed E-state index contributed by atoms with van der Waals surface area (Å²) in [7, 11) is -8.67. The average Bonchev–Trinajstić information content (AvgIpc) is 3.03. The van der Waals surface area contributed by atoms with Crippen molar-refractivity contribution in [1.29, 1.82) is 0 Å². The zero-order valence-corrected chi connectivity index (χ0v) is 26.8. The summed E-state index contributed by atoms with van der Waals surface area (Å²) in [6.07, 6.45) is -2.73. The van der Waals surface area contributed by atoms with Gasteiger partial charge in [0.15, 0.2) is 0 Å². The molecule has 0 amide bonds. The molecule has 0 aromatic heterocycles. The molecule has 0 fully saturated rings. The number of aliphatic hydroxyl groups excluding tert-OH is 1. The van der Waals surface area contributed by atoms with Crippen LogP contribution in [0.3, 0.4) is 0 Å². The molecule has 0 aliphatic rings. The van der Waals surface area contributed by atoms with E-state index in [1.54, 1.807) is 68.4 Å². The molecule has 0 saturated heterocycles. The van der Waals surface area contributed by atoms with Crippen molar-refractivity contribution in [2.75, 3.05) is 26.3 Å². The molecule has 4 aromatic carbocycles. The standard InChI is InChI=1S/C32H34N2O10S2/c1-24-8-16-31(17-9-24)45(38,39)33(20-27(35)22-42-29-14-12-26(13-15-29)34(36)37)21-30(23-43-28-6-4-3-5-7-28)44-46(40,41)32-18-10-25(2)11-19-32/h3-19,27,30,35H,20-23H2,1-2H3/t27-,30+/m1/s1. The Bertz CT molecular complexity index is 1800. The second-order valence-electron chi connectivity index (χ2n) is 10.5. The molecule has 14 heteroatoms. The summed E-state index contributed by atoms with van der Waals surface area (Å²) in [6.45, 7) is 1.88.